The minimum Gasteiger partial charge on any atom is -0.465 e. The molecular formula is C19H20N4O2. The van der Waals surface area contributed by atoms with Crippen molar-refractivity contribution in [3.05, 3.63) is 54.4 Å². The maximum Gasteiger partial charge on any atom is 0.341 e. The van der Waals surface area contributed by atoms with Crippen LogP contribution >= 0.6 is 0 Å². The summed E-state index contributed by atoms with van der Waals surface area (Å²) in [6, 6.07) is 12.5. The Morgan fingerprint density at radius 3 is 2.52 bits per heavy atom. The number of ether oxygens (including phenoxy) is 1. The number of nitrogens with zero attached hydrogens (tertiary/aromatic N) is 3. The molecular weight excluding hydrogens is 316 g/mol. The summed E-state index contributed by atoms with van der Waals surface area (Å²) in [5.41, 5.74) is 4.64. The minimum absolute atomic E-state index is 0.372. The molecule has 128 valence electrons. The van der Waals surface area contributed by atoms with E-state index >= 15 is 0 Å². The molecule has 0 spiro atoms. The molecule has 0 radical (unpaired) electrons. The Balaban J connectivity index is 1.62. The van der Waals surface area contributed by atoms with Crippen molar-refractivity contribution < 1.29 is 9.53 Å². The zero-order chi connectivity index (χ0) is 17.2. The van der Waals surface area contributed by atoms with Gasteiger partial charge in [0.1, 0.15) is 5.56 Å². The summed E-state index contributed by atoms with van der Waals surface area (Å²) < 4.78 is 6.50. The van der Waals surface area contributed by atoms with E-state index in [1.165, 1.54) is 12.8 Å². The molecule has 3 aromatic rings. The first-order valence-corrected chi connectivity index (χ1v) is 8.38. The first kappa shape index (κ1) is 15.7. The third-order valence-electron chi connectivity index (χ3n) is 4.60. The van der Waals surface area contributed by atoms with Crippen molar-refractivity contribution in [2.45, 2.75) is 0 Å². The molecule has 0 amide bonds. The molecule has 0 bridgehead atoms. The van der Waals surface area contributed by atoms with Gasteiger partial charge in [-0.1, -0.05) is 18.2 Å². The van der Waals surface area contributed by atoms with Crippen molar-refractivity contribution in [2.24, 2.45) is 0 Å². The lowest BCUT2D eigenvalue weighted by Gasteiger charge is -2.29. The van der Waals surface area contributed by atoms with Gasteiger partial charge < -0.3 is 15.0 Å². The van der Waals surface area contributed by atoms with Crippen LogP contribution in [0.1, 0.15) is 10.4 Å². The molecule has 1 aromatic carbocycles. The summed E-state index contributed by atoms with van der Waals surface area (Å²) in [4.78, 5) is 14.1. The Morgan fingerprint density at radius 2 is 1.80 bits per heavy atom. The number of carbonyl (C=O) groups excluding carboxylic acids is 1. The number of benzene rings is 1. The monoisotopic (exact) mass is 336 g/mol. The van der Waals surface area contributed by atoms with E-state index in [9.17, 15) is 4.79 Å². The number of nitrogens with one attached hydrogen (secondary N) is 1. The lowest BCUT2D eigenvalue weighted by molar-refractivity contribution is 0.0603. The number of pyridine rings is 1. The first-order valence-electron chi connectivity index (χ1n) is 8.38. The number of rotatable bonds is 3. The molecule has 0 atom stereocenters. The quantitative estimate of drug-likeness (QED) is 0.743. The third kappa shape index (κ3) is 2.96. The SMILES string of the molecule is COC(=O)c1cnn2cc(-c3ccc(N4CCNCC4)cc3)ccc12. The number of esters is 1. The molecule has 1 aliphatic rings. The normalized spacial score (nSPS) is 14.7. The van der Waals surface area contributed by atoms with Crippen molar-refractivity contribution in [3.8, 4) is 11.1 Å². The van der Waals surface area contributed by atoms with Crippen LogP contribution in [0.5, 0.6) is 0 Å². The summed E-state index contributed by atoms with van der Waals surface area (Å²) >= 11 is 0. The Labute approximate surface area is 146 Å². The summed E-state index contributed by atoms with van der Waals surface area (Å²) in [6.07, 6.45) is 3.47. The number of piperazine rings is 1. The Hall–Kier alpha value is -2.86. The maximum absolute atomic E-state index is 11.7. The van der Waals surface area contributed by atoms with E-state index < -0.39 is 0 Å². The maximum atomic E-state index is 11.7. The number of hydrogen-bond donors (Lipinski definition) is 1. The van der Waals surface area contributed by atoms with Crippen LogP contribution in [-0.2, 0) is 4.74 Å². The van der Waals surface area contributed by atoms with Gasteiger partial charge in [0.15, 0.2) is 0 Å². The Kier molecular flexibility index (Phi) is 4.11. The van der Waals surface area contributed by atoms with Gasteiger partial charge in [0.2, 0.25) is 0 Å². The van der Waals surface area contributed by atoms with Gasteiger partial charge in [0, 0.05) is 43.6 Å². The molecule has 0 unspecified atom stereocenters. The van der Waals surface area contributed by atoms with E-state index in [4.69, 9.17) is 4.74 Å². The van der Waals surface area contributed by atoms with Crippen molar-refractivity contribution in [1.29, 1.82) is 0 Å². The van der Waals surface area contributed by atoms with E-state index in [-0.39, 0.29) is 5.97 Å². The summed E-state index contributed by atoms with van der Waals surface area (Å²) in [6.45, 7) is 4.13. The second-order valence-electron chi connectivity index (χ2n) is 6.08. The number of aromatic nitrogens is 2. The van der Waals surface area contributed by atoms with Crippen molar-refractivity contribution in [1.82, 2.24) is 14.9 Å². The van der Waals surface area contributed by atoms with Crippen LogP contribution in [-0.4, -0.2) is 48.9 Å². The van der Waals surface area contributed by atoms with Crippen LogP contribution in [0, 0.1) is 0 Å². The number of methoxy groups -OCH3 is 1. The summed E-state index contributed by atoms with van der Waals surface area (Å²) in [5, 5.41) is 7.63. The lowest BCUT2D eigenvalue weighted by atomic mass is 10.1. The standard InChI is InChI=1S/C19H20N4O2/c1-25-19(24)17-12-21-23-13-15(4-7-18(17)23)14-2-5-16(6-3-14)22-10-8-20-9-11-22/h2-7,12-13,20H,8-11H2,1H3. The van der Waals surface area contributed by atoms with Crippen molar-refractivity contribution in [2.75, 3.05) is 38.2 Å². The fourth-order valence-corrected chi connectivity index (χ4v) is 3.21. The van der Waals surface area contributed by atoms with E-state index in [1.54, 1.807) is 10.7 Å². The third-order valence-corrected chi connectivity index (χ3v) is 4.60. The number of carbonyl (C=O) groups is 1. The fourth-order valence-electron chi connectivity index (χ4n) is 3.21. The Morgan fingerprint density at radius 1 is 1.08 bits per heavy atom. The smallest absolute Gasteiger partial charge is 0.341 e. The molecule has 2 aromatic heterocycles. The van der Waals surface area contributed by atoms with Crippen LogP contribution in [0.15, 0.2) is 48.8 Å². The average Bonchev–Trinajstić information content (AvgIpc) is 3.11. The summed E-state index contributed by atoms with van der Waals surface area (Å²) in [5.74, 6) is -0.372. The highest BCUT2D eigenvalue weighted by molar-refractivity contribution is 5.96. The van der Waals surface area contributed by atoms with Gasteiger partial charge in [0.25, 0.3) is 0 Å². The molecule has 1 aliphatic heterocycles. The first-order chi connectivity index (χ1) is 12.3. The van der Waals surface area contributed by atoms with Gasteiger partial charge in [-0.05, 0) is 23.8 Å². The van der Waals surface area contributed by atoms with E-state index in [2.05, 4.69) is 39.6 Å². The molecule has 1 N–H and O–H groups in total. The van der Waals surface area contributed by atoms with E-state index in [0.29, 0.717) is 5.56 Å². The van der Waals surface area contributed by atoms with Crippen LogP contribution < -0.4 is 10.2 Å². The largest absolute Gasteiger partial charge is 0.465 e. The number of anilines is 1. The molecule has 3 heterocycles. The van der Waals surface area contributed by atoms with Gasteiger partial charge in [-0.25, -0.2) is 9.31 Å². The molecule has 0 aliphatic carbocycles. The lowest BCUT2D eigenvalue weighted by Crippen LogP contribution is -2.43. The van der Waals surface area contributed by atoms with Gasteiger partial charge in [-0.3, -0.25) is 0 Å². The van der Waals surface area contributed by atoms with Gasteiger partial charge in [-0.15, -0.1) is 0 Å². The number of hydrogen-bond acceptors (Lipinski definition) is 5. The van der Waals surface area contributed by atoms with Gasteiger partial charge >= 0.3 is 5.97 Å². The summed E-state index contributed by atoms with van der Waals surface area (Å²) in [7, 11) is 1.38. The van der Waals surface area contributed by atoms with E-state index in [1.807, 2.05) is 18.3 Å². The van der Waals surface area contributed by atoms with Gasteiger partial charge in [0.05, 0.1) is 18.8 Å². The predicted molar refractivity (Wildman–Crippen MR) is 97.1 cm³/mol. The minimum atomic E-state index is -0.372. The molecule has 1 saturated heterocycles. The highest BCUT2D eigenvalue weighted by atomic mass is 16.5. The van der Waals surface area contributed by atoms with Crippen LogP contribution in [0.4, 0.5) is 5.69 Å². The van der Waals surface area contributed by atoms with Crippen LogP contribution in [0.25, 0.3) is 16.6 Å². The molecule has 1 fully saturated rings. The van der Waals surface area contributed by atoms with Gasteiger partial charge in [-0.2, -0.15) is 5.10 Å². The molecule has 0 saturated carbocycles. The number of fused-ring (bicyclic) bond motifs is 1. The second-order valence-corrected chi connectivity index (χ2v) is 6.08. The molecule has 6 nitrogen and oxygen atoms in total. The second kappa shape index (κ2) is 6.57. The zero-order valence-corrected chi connectivity index (χ0v) is 14.1. The zero-order valence-electron chi connectivity index (χ0n) is 14.1. The average molecular weight is 336 g/mol. The van der Waals surface area contributed by atoms with Crippen molar-refractivity contribution >= 4 is 17.2 Å². The van der Waals surface area contributed by atoms with Crippen LogP contribution in [0.2, 0.25) is 0 Å². The van der Waals surface area contributed by atoms with Crippen LogP contribution in [0.3, 0.4) is 0 Å². The predicted octanol–water partition coefficient (Wildman–Crippen LogP) is 2.20. The Bertz CT molecular complexity index is 895. The van der Waals surface area contributed by atoms with Crippen molar-refractivity contribution in [3.63, 3.8) is 0 Å². The molecule has 25 heavy (non-hydrogen) atoms. The fraction of sp³-hybridized carbons (Fsp3) is 0.263. The highest BCUT2D eigenvalue weighted by Crippen LogP contribution is 2.25. The topological polar surface area (TPSA) is 58.9 Å². The molecule has 4 rings (SSSR count). The molecule has 6 heteroatoms. The van der Waals surface area contributed by atoms with E-state index in [0.717, 1.165) is 42.8 Å². The highest BCUT2D eigenvalue weighted by Gasteiger charge is 2.14.